The van der Waals surface area contributed by atoms with E-state index in [-0.39, 0.29) is 11.7 Å². The standard InChI is InChI=1S/C23H27FN4O/c1-3-26-19-14-28-20(13-18(19)15-7-5-4-6-8-15)21(23(29)25-2)22(27-28)16-9-11-17(24)12-10-16/h9-15,26H,3-8H2,1-2H3,(H,25,29). The molecule has 1 aromatic carbocycles. The van der Waals surface area contributed by atoms with Crippen LogP contribution in [0.5, 0.6) is 0 Å². The largest absolute Gasteiger partial charge is 0.384 e. The van der Waals surface area contributed by atoms with Crippen LogP contribution in [0.4, 0.5) is 10.1 Å². The molecule has 3 aromatic rings. The fourth-order valence-electron chi connectivity index (χ4n) is 4.35. The highest BCUT2D eigenvalue weighted by molar-refractivity contribution is 6.06. The molecular formula is C23H27FN4O. The summed E-state index contributed by atoms with van der Waals surface area (Å²) >= 11 is 0. The number of anilines is 1. The maximum absolute atomic E-state index is 13.4. The minimum atomic E-state index is -0.312. The monoisotopic (exact) mass is 394 g/mol. The third-order valence-electron chi connectivity index (χ3n) is 5.79. The third-order valence-corrected chi connectivity index (χ3v) is 5.79. The van der Waals surface area contributed by atoms with Crippen LogP contribution in [-0.2, 0) is 0 Å². The van der Waals surface area contributed by atoms with Gasteiger partial charge in [0.2, 0.25) is 0 Å². The van der Waals surface area contributed by atoms with Gasteiger partial charge < -0.3 is 10.6 Å². The second-order valence-electron chi connectivity index (χ2n) is 7.65. The molecule has 2 aromatic heterocycles. The third kappa shape index (κ3) is 3.71. The average molecular weight is 394 g/mol. The Kier molecular flexibility index (Phi) is 5.51. The zero-order chi connectivity index (χ0) is 20.4. The van der Waals surface area contributed by atoms with Crippen molar-refractivity contribution in [1.29, 1.82) is 0 Å². The lowest BCUT2D eigenvalue weighted by Gasteiger charge is -2.25. The van der Waals surface area contributed by atoms with Crippen LogP contribution in [0.3, 0.4) is 0 Å². The van der Waals surface area contributed by atoms with E-state index in [9.17, 15) is 9.18 Å². The van der Waals surface area contributed by atoms with Crippen LogP contribution in [0, 0.1) is 5.82 Å². The normalized spacial score (nSPS) is 14.9. The van der Waals surface area contributed by atoms with Crippen molar-refractivity contribution in [2.24, 2.45) is 0 Å². The molecule has 1 fully saturated rings. The first kappa shape index (κ1) is 19.4. The van der Waals surface area contributed by atoms with E-state index < -0.39 is 0 Å². The fourth-order valence-corrected chi connectivity index (χ4v) is 4.35. The Balaban J connectivity index is 1.93. The van der Waals surface area contributed by atoms with Crippen molar-refractivity contribution in [3.63, 3.8) is 0 Å². The number of halogens is 1. The summed E-state index contributed by atoms with van der Waals surface area (Å²) < 4.78 is 15.2. The zero-order valence-corrected chi connectivity index (χ0v) is 17.0. The average Bonchev–Trinajstić information content (AvgIpc) is 3.12. The van der Waals surface area contributed by atoms with Crippen LogP contribution in [0.15, 0.2) is 36.5 Å². The number of fused-ring (bicyclic) bond motifs is 1. The molecule has 1 aliphatic carbocycles. The van der Waals surface area contributed by atoms with E-state index in [4.69, 9.17) is 5.10 Å². The lowest BCUT2D eigenvalue weighted by molar-refractivity contribution is 0.0965. The fraction of sp³-hybridized carbons (Fsp3) is 0.391. The zero-order valence-electron chi connectivity index (χ0n) is 17.0. The van der Waals surface area contributed by atoms with Crippen LogP contribution in [0.25, 0.3) is 16.8 Å². The van der Waals surface area contributed by atoms with Gasteiger partial charge in [-0.05, 0) is 61.6 Å². The predicted molar refractivity (Wildman–Crippen MR) is 114 cm³/mol. The van der Waals surface area contributed by atoms with Crippen LogP contribution >= 0.6 is 0 Å². The molecule has 0 unspecified atom stereocenters. The van der Waals surface area contributed by atoms with Crippen molar-refractivity contribution >= 4 is 17.1 Å². The van der Waals surface area contributed by atoms with E-state index in [2.05, 4.69) is 23.6 Å². The molecule has 1 saturated carbocycles. The molecule has 0 aliphatic heterocycles. The lowest BCUT2D eigenvalue weighted by Crippen LogP contribution is -2.18. The summed E-state index contributed by atoms with van der Waals surface area (Å²) in [5.74, 6) is -0.0114. The van der Waals surface area contributed by atoms with Crippen molar-refractivity contribution < 1.29 is 9.18 Å². The first-order valence-corrected chi connectivity index (χ1v) is 10.4. The van der Waals surface area contributed by atoms with Gasteiger partial charge in [0.25, 0.3) is 5.91 Å². The second kappa shape index (κ2) is 8.23. The molecule has 0 spiro atoms. The Morgan fingerprint density at radius 2 is 1.93 bits per heavy atom. The van der Waals surface area contributed by atoms with Crippen molar-refractivity contribution in [3.05, 3.63) is 53.5 Å². The van der Waals surface area contributed by atoms with Gasteiger partial charge in [-0.15, -0.1) is 0 Å². The number of rotatable bonds is 5. The van der Waals surface area contributed by atoms with Gasteiger partial charge >= 0.3 is 0 Å². The highest BCUT2D eigenvalue weighted by Gasteiger charge is 2.24. The summed E-state index contributed by atoms with van der Waals surface area (Å²) in [5, 5.41) is 10.9. The maximum Gasteiger partial charge on any atom is 0.255 e. The van der Waals surface area contributed by atoms with E-state index >= 15 is 0 Å². The maximum atomic E-state index is 13.4. The van der Waals surface area contributed by atoms with Gasteiger partial charge in [0.05, 0.1) is 23.0 Å². The van der Waals surface area contributed by atoms with Crippen molar-refractivity contribution in [1.82, 2.24) is 14.9 Å². The summed E-state index contributed by atoms with van der Waals surface area (Å²) in [4.78, 5) is 12.8. The van der Waals surface area contributed by atoms with Crippen molar-refractivity contribution in [3.8, 4) is 11.3 Å². The van der Waals surface area contributed by atoms with E-state index in [0.717, 1.165) is 23.3 Å². The molecule has 6 heteroatoms. The van der Waals surface area contributed by atoms with Gasteiger partial charge in [0, 0.05) is 19.2 Å². The summed E-state index contributed by atoms with van der Waals surface area (Å²) in [7, 11) is 1.62. The minimum Gasteiger partial charge on any atom is -0.384 e. The smallest absolute Gasteiger partial charge is 0.255 e. The first-order valence-electron chi connectivity index (χ1n) is 10.4. The Morgan fingerprint density at radius 1 is 1.21 bits per heavy atom. The molecule has 29 heavy (non-hydrogen) atoms. The number of carbonyl (C=O) groups is 1. The second-order valence-corrected chi connectivity index (χ2v) is 7.65. The van der Waals surface area contributed by atoms with E-state index in [1.807, 2.05) is 6.20 Å². The molecule has 152 valence electrons. The number of nitrogens with zero attached hydrogens (tertiary/aromatic N) is 2. The van der Waals surface area contributed by atoms with E-state index in [1.54, 1.807) is 23.7 Å². The number of hydrogen-bond acceptors (Lipinski definition) is 3. The molecule has 1 amide bonds. The highest BCUT2D eigenvalue weighted by Crippen LogP contribution is 2.38. The SMILES string of the molecule is CCNc1cn2nc(-c3ccc(F)cc3)c(C(=O)NC)c2cc1C1CCCCC1. The summed E-state index contributed by atoms with van der Waals surface area (Å²) in [6, 6.07) is 8.24. The predicted octanol–water partition coefficient (Wildman–Crippen LogP) is 4.98. The molecule has 2 heterocycles. The van der Waals surface area contributed by atoms with Gasteiger partial charge in [-0.3, -0.25) is 4.79 Å². The highest BCUT2D eigenvalue weighted by atomic mass is 19.1. The number of pyridine rings is 1. The molecule has 1 aliphatic rings. The van der Waals surface area contributed by atoms with Gasteiger partial charge in [-0.2, -0.15) is 5.10 Å². The number of carbonyl (C=O) groups excluding carboxylic acids is 1. The number of nitrogens with one attached hydrogen (secondary N) is 2. The van der Waals surface area contributed by atoms with Gasteiger partial charge in [-0.1, -0.05) is 19.3 Å². The Hall–Kier alpha value is -2.89. The summed E-state index contributed by atoms with van der Waals surface area (Å²) in [6.45, 7) is 2.90. The Labute approximate surface area is 170 Å². The number of hydrogen-bond donors (Lipinski definition) is 2. The van der Waals surface area contributed by atoms with E-state index in [1.165, 1.54) is 49.8 Å². The van der Waals surface area contributed by atoms with Gasteiger partial charge in [-0.25, -0.2) is 8.91 Å². The number of amides is 1. The van der Waals surface area contributed by atoms with Crippen molar-refractivity contribution in [2.45, 2.75) is 44.9 Å². The minimum absolute atomic E-state index is 0.190. The Bertz CT molecular complexity index is 1020. The number of aromatic nitrogens is 2. The lowest BCUT2D eigenvalue weighted by atomic mass is 9.83. The molecular weight excluding hydrogens is 367 g/mol. The first-order chi connectivity index (χ1) is 14.1. The topological polar surface area (TPSA) is 58.4 Å². The molecule has 2 N–H and O–H groups in total. The molecule has 0 radical (unpaired) electrons. The van der Waals surface area contributed by atoms with Crippen LogP contribution < -0.4 is 10.6 Å². The van der Waals surface area contributed by atoms with Crippen LogP contribution in [0.1, 0.15) is 60.9 Å². The van der Waals surface area contributed by atoms with Crippen LogP contribution in [0.2, 0.25) is 0 Å². The molecule has 0 atom stereocenters. The molecule has 0 bridgehead atoms. The van der Waals surface area contributed by atoms with Crippen molar-refractivity contribution in [2.75, 3.05) is 18.9 Å². The summed E-state index contributed by atoms with van der Waals surface area (Å²) in [6.07, 6.45) is 8.10. The van der Waals surface area contributed by atoms with Crippen LogP contribution in [-0.4, -0.2) is 29.1 Å². The molecule has 4 rings (SSSR count). The Morgan fingerprint density at radius 3 is 2.59 bits per heavy atom. The number of benzene rings is 1. The quantitative estimate of drug-likeness (QED) is 0.642. The molecule has 0 saturated heterocycles. The molecule has 5 nitrogen and oxygen atoms in total. The van der Waals surface area contributed by atoms with E-state index in [0.29, 0.717) is 17.2 Å². The van der Waals surface area contributed by atoms with Gasteiger partial charge in [0.15, 0.2) is 0 Å². The van der Waals surface area contributed by atoms with Gasteiger partial charge in [0.1, 0.15) is 11.5 Å². The summed E-state index contributed by atoms with van der Waals surface area (Å²) in [5.41, 5.74) is 4.92.